The second-order valence-corrected chi connectivity index (χ2v) is 7.55. The van der Waals surface area contributed by atoms with Gasteiger partial charge in [0, 0.05) is 19.1 Å². The van der Waals surface area contributed by atoms with E-state index in [2.05, 4.69) is 4.72 Å². The Labute approximate surface area is 121 Å². The fraction of sp³-hybridized carbons (Fsp3) is 0.923. The first kappa shape index (κ1) is 15.7. The smallest absolute Gasteiger partial charge is 0.336 e. The van der Waals surface area contributed by atoms with Gasteiger partial charge in [0.05, 0.1) is 0 Å². The monoisotopic (exact) mass is 304 g/mol. The lowest BCUT2D eigenvalue weighted by molar-refractivity contribution is -0.133. The van der Waals surface area contributed by atoms with Crippen molar-refractivity contribution < 1.29 is 17.4 Å². The van der Waals surface area contributed by atoms with E-state index in [0.717, 1.165) is 13.1 Å². The molecular weight excluding hydrogens is 280 g/mol. The first-order valence-corrected chi connectivity index (χ1v) is 8.71. The summed E-state index contributed by atoms with van der Waals surface area (Å²) in [6, 6.07) is -0.246. The van der Waals surface area contributed by atoms with Gasteiger partial charge < -0.3 is 4.90 Å². The molecule has 2 bridgehead atoms. The van der Waals surface area contributed by atoms with Gasteiger partial charge in [-0.05, 0) is 51.4 Å². The first-order chi connectivity index (χ1) is 9.35. The van der Waals surface area contributed by atoms with Crippen LogP contribution in [0.1, 0.15) is 39.5 Å². The number of fused-ring (bicyclic) bond motifs is 4. The second-order valence-electron chi connectivity index (χ2n) is 6.17. The highest BCUT2D eigenvalue weighted by molar-refractivity contribution is 7.84. The van der Waals surface area contributed by atoms with Crippen LogP contribution in [0.3, 0.4) is 0 Å². The van der Waals surface area contributed by atoms with Crippen LogP contribution in [-0.2, 0) is 19.3 Å². The molecule has 0 aromatic carbocycles. The minimum absolute atomic E-state index is 0.224. The molecule has 1 aliphatic carbocycles. The summed E-state index contributed by atoms with van der Waals surface area (Å²) in [5.74, 6) is 0.920. The van der Waals surface area contributed by atoms with Crippen LogP contribution in [-0.4, -0.2) is 45.0 Å². The van der Waals surface area contributed by atoms with Crippen molar-refractivity contribution in [2.75, 3.05) is 19.7 Å². The zero-order valence-electron chi connectivity index (χ0n) is 12.2. The van der Waals surface area contributed by atoms with Crippen LogP contribution in [0, 0.1) is 11.8 Å². The zero-order valence-corrected chi connectivity index (χ0v) is 13.0. The molecule has 20 heavy (non-hydrogen) atoms. The quantitative estimate of drug-likeness (QED) is 0.818. The molecule has 7 heteroatoms. The molecule has 0 aromatic rings. The van der Waals surface area contributed by atoms with Crippen LogP contribution in [0.5, 0.6) is 0 Å². The number of nitrogens with zero attached hydrogens (tertiary/aromatic N) is 1. The van der Waals surface area contributed by atoms with E-state index in [1.165, 1.54) is 25.7 Å². The van der Waals surface area contributed by atoms with Crippen LogP contribution in [0.15, 0.2) is 0 Å². The number of nitrogens with one attached hydrogen (secondary N) is 1. The van der Waals surface area contributed by atoms with E-state index >= 15 is 0 Å². The number of hydrogen-bond acceptors (Lipinski definition) is 4. The molecule has 2 heterocycles. The summed E-state index contributed by atoms with van der Waals surface area (Å²) < 4.78 is 30.1. The summed E-state index contributed by atoms with van der Waals surface area (Å²) in [5.41, 5.74) is 0. The van der Waals surface area contributed by atoms with Gasteiger partial charge in [0.1, 0.15) is 6.61 Å². The van der Waals surface area contributed by atoms with Gasteiger partial charge in [-0.15, -0.1) is 0 Å². The van der Waals surface area contributed by atoms with Crippen molar-refractivity contribution in [2.24, 2.45) is 11.8 Å². The number of carbonyl (C=O) groups excluding carboxylic acids is 1. The maximum absolute atomic E-state index is 12.1. The third-order valence-corrected chi connectivity index (χ3v) is 5.18. The van der Waals surface area contributed by atoms with E-state index in [1.54, 1.807) is 18.7 Å². The minimum Gasteiger partial charge on any atom is -0.340 e. The Morgan fingerprint density at radius 3 is 2.15 bits per heavy atom. The maximum atomic E-state index is 12.1. The Bertz CT molecular complexity index is 427. The SMILES string of the molecule is CC(C)NS(=O)(=O)OCC(=O)N1CC2CCC(CC2)C1. The molecule has 0 spiro atoms. The fourth-order valence-corrected chi connectivity index (χ4v) is 3.94. The normalized spacial score (nSPS) is 26.9. The molecule has 2 saturated heterocycles. The van der Waals surface area contributed by atoms with Crippen molar-refractivity contribution in [3.8, 4) is 0 Å². The van der Waals surface area contributed by atoms with E-state index in [-0.39, 0.29) is 11.9 Å². The molecule has 0 unspecified atom stereocenters. The summed E-state index contributed by atoms with van der Waals surface area (Å²) in [6.07, 6.45) is 4.73. The van der Waals surface area contributed by atoms with Crippen molar-refractivity contribution in [3.63, 3.8) is 0 Å². The van der Waals surface area contributed by atoms with Crippen LogP contribution in [0.25, 0.3) is 0 Å². The summed E-state index contributed by atoms with van der Waals surface area (Å²) in [6.45, 7) is 4.50. The topological polar surface area (TPSA) is 75.7 Å². The Balaban J connectivity index is 1.86. The van der Waals surface area contributed by atoms with Gasteiger partial charge in [-0.2, -0.15) is 13.1 Å². The molecule has 3 fully saturated rings. The average molecular weight is 304 g/mol. The van der Waals surface area contributed by atoms with Gasteiger partial charge in [-0.25, -0.2) is 4.18 Å². The lowest BCUT2D eigenvalue weighted by Crippen LogP contribution is -2.40. The molecule has 3 aliphatic rings. The number of amides is 1. The molecule has 1 amide bonds. The van der Waals surface area contributed by atoms with Crippen LogP contribution in [0.2, 0.25) is 0 Å². The van der Waals surface area contributed by atoms with E-state index < -0.39 is 16.9 Å². The van der Waals surface area contributed by atoms with Crippen molar-refractivity contribution in [1.82, 2.24) is 9.62 Å². The second kappa shape index (κ2) is 6.41. The summed E-state index contributed by atoms with van der Waals surface area (Å²) in [5, 5.41) is 0. The largest absolute Gasteiger partial charge is 0.340 e. The molecule has 1 N–H and O–H groups in total. The van der Waals surface area contributed by atoms with Gasteiger partial charge in [-0.3, -0.25) is 4.79 Å². The molecule has 0 aromatic heterocycles. The number of hydrogen-bond donors (Lipinski definition) is 1. The highest BCUT2D eigenvalue weighted by Gasteiger charge is 2.32. The lowest BCUT2D eigenvalue weighted by Gasteiger charge is -2.22. The molecule has 6 nitrogen and oxygen atoms in total. The molecule has 0 atom stereocenters. The molecular formula is C13H24N2O4S. The average Bonchev–Trinajstić information content (AvgIpc) is 2.67. The third-order valence-electron chi connectivity index (χ3n) is 3.99. The van der Waals surface area contributed by atoms with E-state index in [9.17, 15) is 13.2 Å². The van der Waals surface area contributed by atoms with Gasteiger partial charge >= 0.3 is 10.3 Å². The summed E-state index contributed by atoms with van der Waals surface area (Å²) in [4.78, 5) is 13.9. The Morgan fingerprint density at radius 1 is 1.20 bits per heavy atom. The highest BCUT2D eigenvalue weighted by Crippen LogP contribution is 2.33. The number of rotatable bonds is 5. The Hall–Kier alpha value is -0.660. The predicted molar refractivity (Wildman–Crippen MR) is 75.2 cm³/mol. The van der Waals surface area contributed by atoms with E-state index in [1.807, 2.05) is 0 Å². The first-order valence-electron chi connectivity index (χ1n) is 7.30. The van der Waals surface area contributed by atoms with E-state index in [0.29, 0.717) is 11.8 Å². The van der Waals surface area contributed by atoms with E-state index in [4.69, 9.17) is 4.18 Å². The van der Waals surface area contributed by atoms with Crippen molar-refractivity contribution in [2.45, 2.75) is 45.6 Å². The summed E-state index contributed by atoms with van der Waals surface area (Å²) >= 11 is 0. The van der Waals surface area contributed by atoms with Gasteiger partial charge in [0.15, 0.2) is 0 Å². The van der Waals surface area contributed by atoms with Gasteiger partial charge in [0.2, 0.25) is 5.91 Å². The Morgan fingerprint density at radius 2 is 1.70 bits per heavy atom. The summed E-state index contributed by atoms with van der Waals surface area (Å²) in [7, 11) is -3.83. The molecule has 0 radical (unpaired) electrons. The lowest BCUT2D eigenvalue weighted by atomic mass is 9.84. The standard InChI is InChI=1S/C13H24N2O4S/c1-10(2)14-20(17,18)19-9-13(16)15-7-11-3-4-12(8-15)6-5-11/h10-12,14H,3-9H2,1-2H3. The highest BCUT2D eigenvalue weighted by atomic mass is 32.2. The van der Waals surface area contributed by atoms with Gasteiger partial charge in [0.25, 0.3) is 0 Å². The minimum atomic E-state index is -3.83. The Kier molecular flexibility index (Phi) is 5.04. The third kappa shape index (κ3) is 4.43. The maximum Gasteiger partial charge on any atom is 0.336 e. The molecule has 2 aliphatic heterocycles. The molecule has 1 saturated carbocycles. The molecule has 3 rings (SSSR count). The van der Waals surface area contributed by atoms with Crippen molar-refractivity contribution >= 4 is 16.2 Å². The molecule has 116 valence electrons. The van der Waals surface area contributed by atoms with Crippen molar-refractivity contribution in [1.29, 1.82) is 0 Å². The van der Waals surface area contributed by atoms with Gasteiger partial charge in [-0.1, -0.05) is 0 Å². The number of carbonyl (C=O) groups is 1. The predicted octanol–water partition coefficient (Wildman–Crippen LogP) is 0.894. The van der Waals surface area contributed by atoms with Crippen LogP contribution < -0.4 is 4.72 Å². The zero-order chi connectivity index (χ0) is 14.8. The van der Waals surface area contributed by atoms with Crippen LogP contribution in [0.4, 0.5) is 0 Å². The van der Waals surface area contributed by atoms with Crippen molar-refractivity contribution in [3.05, 3.63) is 0 Å². The van der Waals surface area contributed by atoms with Crippen LogP contribution >= 0.6 is 0 Å². The fourth-order valence-electron chi connectivity index (χ4n) is 3.04.